The van der Waals surface area contributed by atoms with E-state index >= 15 is 0 Å². The van der Waals surface area contributed by atoms with Crippen molar-refractivity contribution in [2.24, 2.45) is 10.2 Å². The summed E-state index contributed by atoms with van der Waals surface area (Å²) in [6.07, 6.45) is 0. The van der Waals surface area contributed by atoms with E-state index in [4.69, 9.17) is 4.55 Å². The first kappa shape index (κ1) is 10.9. The van der Waals surface area contributed by atoms with E-state index in [1.54, 1.807) is 0 Å². The lowest BCUT2D eigenvalue weighted by molar-refractivity contribution is 0.564. The van der Waals surface area contributed by atoms with Crippen molar-refractivity contribution < 1.29 is 8.76 Å². The third kappa shape index (κ3) is 2.71. The van der Waals surface area contributed by atoms with Crippen LogP contribution in [-0.4, -0.2) is 14.6 Å². The van der Waals surface area contributed by atoms with Gasteiger partial charge in [0.1, 0.15) is 0 Å². The molecule has 1 N–H and O–H groups in total. The fraction of sp³-hybridized carbons (Fsp3) is 0.0909. The molecule has 0 aromatic heterocycles. The van der Waals surface area contributed by atoms with Crippen molar-refractivity contribution >= 4 is 27.5 Å². The Labute approximate surface area is 95.3 Å². The predicted molar refractivity (Wildman–Crippen MR) is 64.1 cm³/mol. The second-order valence-corrected chi connectivity index (χ2v) is 4.12. The largest absolute Gasteiger partial charge is 0.305 e. The average Bonchev–Trinajstić information content (AvgIpc) is 2.28. The highest BCUT2D eigenvalue weighted by Crippen LogP contribution is 2.21. The predicted octanol–water partition coefficient (Wildman–Crippen LogP) is 3.10. The fourth-order valence-electron chi connectivity index (χ4n) is 1.40. The molecule has 0 aliphatic carbocycles. The minimum Gasteiger partial charge on any atom is -0.305 e. The monoisotopic (exact) mass is 234 g/mol. The molecule has 0 aliphatic heterocycles. The van der Waals surface area contributed by atoms with Gasteiger partial charge in [-0.25, -0.2) is 4.21 Å². The smallest absolute Gasteiger partial charge is 0.177 e. The molecule has 0 saturated carbocycles. The second kappa shape index (κ2) is 4.96. The van der Waals surface area contributed by atoms with Gasteiger partial charge in [-0.15, -0.1) is 0 Å². The van der Waals surface area contributed by atoms with Crippen LogP contribution in [0.2, 0.25) is 0 Å². The molecule has 0 bridgehead atoms. The van der Waals surface area contributed by atoms with Gasteiger partial charge in [0.05, 0.1) is 5.69 Å². The Kier molecular flexibility index (Phi) is 3.38. The maximum absolute atomic E-state index is 10.4. The van der Waals surface area contributed by atoms with Gasteiger partial charge in [-0.3, -0.25) is 0 Å². The van der Waals surface area contributed by atoms with Gasteiger partial charge in [-0.2, -0.15) is 10.2 Å². The lowest BCUT2D eigenvalue weighted by Crippen LogP contribution is -1.88. The summed E-state index contributed by atoms with van der Waals surface area (Å²) in [5, 5.41) is 9.70. The number of benzene rings is 2. The van der Waals surface area contributed by atoms with Crippen LogP contribution in [0.4, 0.5) is 5.69 Å². The number of rotatable bonds is 3. The highest BCUT2D eigenvalue weighted by molar-refractivity contribution is 7.79. The first-order valence-electron chi connectivity index (χ1n) is 4.69. The number of fused-ring (bicyclic) bond motifs is 1. The topological polar surface area (TPSA) is 62.0 Å². The number of hydrogen-bond donors (Lipinski definition) is 1. The molecule has 4 nitrogen and oxygen atoms in total. The molecule has 0 fully saturated rings. The Morgan fingerprint density at radius 3 is 2.62 bits per heavy atom. The van der Waals surface area contributed by atoms with Crippen LogP contribution in [0.15, 0.2) is 52.7 Å². The quantitative estimate of drug-likeness (QED) is 0.655. The number of nitrogens with zero attached hydrogens (tertiary/aromatic N) is 2. The summed E-state index contributed by atoms with van der Waals surface area (Å²) in [5.41, 5.74) is 0.684. The van der Waals surface area contributed by atoms with Crippen molar-refractivity contribution in [2.45, 2.75) is 0 Å². The summed E-state index contributed by atoms with van der Waals surface area (Å²) in [7, 11) is 0. The van der Waals surface area contributed by atoms with E-state index in [-0.39, 0.29) is 5.88 Å². The van der Waals surface area contributed by atoms with E-state index < -0.39 is 11.1 Å². The molecule has 0 spiro atoms. The fourth-order valence-corrected chi connectivity index (χ4v) is 1.56. The van der Waals surface area contributed by atoms with E-state index in [1.807, 2.05) is 42.5 Å². The van der Waals surface area contributed by atoms with Crippen LogP contribution in [0.1, 0.15) is 0 Å². The minimum absolute atomic E-state index is 0.188. The molecule has 5 heteroatoms. The van der Waals surface area contributed by atoms with Gasteiger partial charge in [0, 0.05) is 0 Å². The zero-order valence-electron chi connectivity index (χ0n) is 8.41. The van der Waals surface area contributed by atoms with Gasteiger partial charge >= 0.3 is 0 Å². The lowest BCUT2D eigenvalue weighted by Gasteiger charge is -1.97. The summed E-state index contributed by atoms with van der Waals surface area (Å²) in [4.78, 5) is 0. The summed E-state index contributed by atoms with van der Waals surface area (Å²) >= 11 is -1.93. The third-order valence-corrected chi connectivity index (χ3v) is 2.42. The van der Waals surface area contributed by atoms with Crippen LogP contribution in [0.25, 0.3) is 10.8 Å². The molecule has 0 aliphatic rings. The van der Waals surface area contributed by atoms with Gasteiger partial charge in [0.25, 0.3) is 0 Å². The molecule has 0 amide bonds. The zero-order valence-corrected chi connectivity index (χ0v) is 9.22. The Balaban J connectivity index is 2.26. The molecular weight excluding hydrogens is 224 g/mol. The van der Waals surface area contributed by atoms with Gasteiger partial charge < -0.3 is 4.55 Å². The minimum atomic E-state index is -1.93. The summed E-state index contributed by atoms with van der Waals surface area (Å²) in [6, 6.07) is 13.6. The summed E-state index contributed by atoms with van der Waals surface area (Å²) in [6.45, 7) is 0. The van der Waals surface area contributed by atoms with Crippen LogP contribution in [0.3, 0.4) is 0 Å². The van der Waals surface area contributed by atoms with E-state index in [0.29, 0.717) is 5.69 Å². The molecule has 2 rings (SSSR count). The number of azo groups is 1. The molecule has 0 radical (unpaired) electrons. The van der Waals surface area contributed by atoms with Crippen molar-refractivity contribution in [1.82, 2.24) is 0 Å². The summed E-state index contributed by atoms with van der Waals surface area (Å²) < 4.78 is 18.9. The first-order chi connectivity index (χ1) is 7.75. The second-order valence-electron chi connectivity index (χ2n) is 3.22. The van der Waals surface area contributed by atoms with Gasteiger partial charge in [0.15, 0.2) is 17.0 Å². The Morgan fingerprint density at radius 1 is 1.12 bits per heavy atom. The van der Waals surface area contributed by atoms with E-state index in [1.165, 1.54) is 0 Å². The Morgan fingerprint density at radius 2 is 1.88 bits per heavy atom. The average molecular weight is 234 g/mol. The van der Waals surface area contributed by atoms with Crippen LogP contribution in [-0.2, 0) is 11.1 Å². The van der Waals surface area contributed by atoms with Crippen LogP contribution >= 0.6 is 0 Å². The molecule has 0 heterocycles. The molecule has 2 aromatic carbocycles. The Bertz CT molecular complexity index is 554. The molecule has 2 aromatic rings. The van der Waals surface area contributed by atoms with Gasteiger partial charge in [0.2, 0.25) is 0 Å². The Hall–Kier alpha value is -1.59. The van der Waals surface area contributed by atoms with Gasteiger partial charge in [-0.05, 0) is 22.9 Å². The lowest BCUT2D eigenvalue weighted by atomic mass is 10.1. The molecule has 82 valence electrons. The van der Waals surface area contributed by atoms with Crippen LogP contribution in [0, 0.1) is 0 Å². The van der Waals surface area contributed by atoms with Crippen LogP contribution in [0.5, 0.6) is 0 Å². The third-order valence-electron chi connectivity index (χ3n) is 2.09. The van der Waals surface area contributed by atoms with Crippen molar-refractivity contribution in [1.29, 1.82) is 0 Å². The molecular formula is C11H10N2O2S. The number of hydrogen-bond acceptors (Lipinski definition) is 3. The van der Waals surface area contributed by atoms with E-state index in [0.717, 1.165) is 10.8 Å². The summed E-state index contributed by atoms with van der Waals surface area (Å²) in [5.74, 6) is -0.188. The maximum Gasteiger partial charge on any atom is 0.177 e. The van der Waals surface area contributed by atoms with Crippen molar-refractivity contribution in [3.63, 3.8) is 0 Å². The van der Waals surface area contributed by atoms with Gasteiger partial charge in [-0.1, -0.05) is 30.3 Å². The van der Waals surface area contributed by atoms with Crippen LogP contribution < -0.4 is 0 Å². The SMILES string of the molecule is O=S(O)CN=Nc1ccc2ccccc2c1. The maximum atomic E-state index is 10.4. The molecule has 1 atom stereocenters. The van der Waals surface area contributed by atoms with Crippen molar-refractivity contribution in [2.75, 3.05) is 5.88 Å². The normalized spacial score (nSPS) is 13.3. The van der Waals surface area contributed by atoms with E-state index in [2.05, 4.69) is 10.2 Å². The zero-order chi connectivity index (χ0) is 11.4. The van der Waals surface area contributed by atoms with Crippen molar-refractivity contribution in [3.8, 4) is 0 Å². The first-order valence-corrected chi connectivity index (χ1v) is 5.97. The van der Waals surface area contributed by atoms with E-state index in [9.17, 15) is 4.21 Å². The highest BCUT2D eigenvalue weighted by atomic mass is 32.2. The highest BCUT2D eigenvalue weighted by Gasteiger charge is 1.94. The molecule has 16 heavy (non-hydrogen) atoms. The van der Waals surface area contributed by atoms with Crippen molar-refractivity contribution in [3.05, 3.63) is 42.5 Å². The standard InChI is InChI=1S/C11H10N2O2S/c14-16(15)8-12-13-11-6-5-9-3-1-2-4-10(9)7-11/h1-7H,8H2,(H,14,15). The molecule has 1 unspecified atom stereocenters. The molecule has 0 saturated heterocycles.